The lowest BCUT2D eigenvalue weighted by atomic mass is 10.0. The summed E-state index contributed by atoms with van der Waals surface area (Å²) in [5, 5.41) is 13.8. The third kappa shape index (κ3) is 4.13. The maximum Gasteiger partial charge on any atom is 0.270 e. The maximum absolute atomic E-state index is 13.4. The summed E-state index contributed by atoms with van der Waals surface area (Å²) in [5.41, 5.74) is -0.274. The SMILES string of the molecule is CC(C)(C)NC(=O)c1cc(-c2ccc(F)c(F)c2)cc([N+](=O)[O-])c1. The number of benzene rings is 2. The first-order valence-corrected chi connectivity index (χ1v) is 7.14. The van der Waals surface area contributed by atoms with Crippen molar-refractivity contribution in [1.29, 1.82) is 0 Å². The molecule has 24 heavy (non-hydrogen) atoms. The highest BCUT2D eigenvalue weighted by molar-refractivity contribution is 5.96. The minimum atomic E-state index is -1.07. The summed E-state index contributed by atoms with van der Waals surface area (Å²) < 4.78 is 26.5. The highest BCUT2D eigenvalue weighted by atomic mass is 19.2. The first kappa shape index (κ1) is 17.5. The van der Waals surface area contributed by atoms with Crippen LogP contribution in [0.3, 0.4) is 0 Å². The van der Waals surface area contributed by atoms with Crippen molar-refractivity contribution in [1.82, 2.24) is 5.32 Å². The minimum Gasteiger partial charge on any atom is -0.347 e. The number of non-ortho nitro benzene ring substituents is 1. The van der Waals surface area contributed by atoms with Gasteiger partial charge in [0.25, 0.3) is 11.6 Å². The highest BCUT2D eigenvalue weighted by Crippen LogP contribution is 2.27. The number of nitrogens with zero attached hydrogens (tertiary/aromatic N) is 1. The number of halogens is 2. The Labute approximate surface area is 137 Å². The van der Waals surface area contributed by atoms with Gasteiger partial charge in [0.1, 0.15) is 0 Å². The molecule has 2 rings (SSSR count). The van der Waals surface area contributed by atoms with Gasteiger partial charge in [-0.1, -0.05) is 6.07 Å². The predicted octanol–water partition coefficient (Wildman–Crippen LogP) is 4.07. The van der Waals surface area contributed by atoms with Crippen LogP contribution in [0.2, 0.25) is 0 Å². The molecule has 0 unspecified atom stereocenters. The summed E-state index contributed by atoms with van der Waals surface area (Å²) in [5.74, 6) is -2.58. The lowest BCUT2D eigenvalue weighted by Gasteiger charge is -2.20. The van der Waals surface area contributed by atoms with Crippen molar-refractivity contribution in [2.45, 2.75) is 26.3 Å². The van der Waals surface area contributed by atoms with Gasteiger partial charge in [0.05, 0.1) is 4.92 Å². The van der Waals surface area contributed by atoms with Crippen LogP contribution >= 0.6 is 0 Å². The zero-order valence-corrected chi connectivity index (χ0v) is 13.4. The van der Waals surface area contributed by atoms with E-state index in [0.717, 1.165) is 18.2 Å². The first-order chi connectivity index (χ1) is 11.1. The number of nitro groups is 1. The number of nitrogens with one attached hydrogen (secondary N) is 1. The van der Waals surface area contributed by atoms with Crippen molar-refractivity contribution in [3.63, 3.8) is 0 Å². The highest BCUT2D eigenvalue weighted by Gasteiger charge is 2.19. The van der Waals surface area contributed by atoms with Crippen LogP contribution in [0.4, 0.5) is 14.5 Å². The van der Waals surface area contributed by atoms with E-state index in [-0.39, 0.29) is 22.4 Å². The zero-order valence-electron chi connectivity index (χ0n) is 13.4. The lowest BCUT2D eigenvalue weighted by Crippen LogP contribution is -2.40. The lowest BCUT2D eigenvalue weighted by molar-refractivity contribution is -0.384. The standard InChI is InChI=1S/C17H16F2N2O3/c1-17(2,3)20-16(22)12-6-11(7-13(8-12)21(23)24)10-4-5-14(18)15(19)9-10/h4-9H,1-3H3,(H,20,22). The van der Waals surface area contributed by atoms with Gasteiger partial charge in [0.2, 0.25) is 0 Å². The van der Waals surface area contributed by atoms with Gasteiger partial charge in [-0.2, -0.15) is 0 Å². The molecule has 0 fully saturated rings. The molecule has 0 aliphatic heterocycles. The molecule has 1 amide bonds. The van der Waals surface area contributed by atoms with Crippen LogP contribution in [0.5, 0.6) is 0 Å². The monoisotopic (exact) mass is 334 g/mol. The fraction of sp³-hybridized carbons (Fsp3) is 0.235. The third-order valence-electron chi connectivity index (χ3n) is 3.13. The van der Waals surface area contributed by atoms with Crippen LogP contribution in [0.15, 0.2) is 36.4 Å². The van der Waals surface area contributed by atoms with Gasteiger partial charge < -0.3 is 5.32 Å². The van der Waals surface area contributed by atoms with Gasteiger partial charge in [-0.15, -0.1) is 0 Å². The number of amides is 1. The van der Waals surface area contributed by atoms with E-state index >= 15 is 0 Å². The van der Waals surface area contributed by atoms with Crippen molar-refractivity contribution in [3.05, 3.63) is 63.7 Å². The summed E-state index contributed by atoms with van der Waals surface area (Å²) in [6, 6.07) is 6.91. The molecule has 126 valence electrons. The molecular weight excluding hydrogens is 318 g/mol. The van der Waals surface area contributed by atoms with E-state index in [1.54, 1.807) is 20.8 Å². The second-order valence-electron chi connectivity index (χ2n) is 6.36. The fourth-order valence-electron chi connectivity index (χ4n) is 2.10. The summed E-state index contributed by atoms with van der Waals surface area (Å²) in [6.07, 6.45) is 0. The summed E-state index contributed by atoms with van der Waals surface area (Å²) in [6.45, 7) is 5.33. The molecule has 0 aliphatic carbocycles. The van der Waals surface area contributed by atoms with Gasteiger partial charge >= 0.3 is 0 Å². The van der Waals surface area contributed by atoms with Gasteiger partial charge in [0, 0.05) is 23.2 Å². The molecule has 0 heterocycles. The number of nitro benzene ring substituents is 1. The summed E-state index contributed by atoms with van der Waals surface area (Å²) in [7, 11) is 0. The Hall–Kier alpha value is -2.83. The molecule has 0 saturated heterocycles. The van der Waals surface area contributed by atoms with Crippen molar-refractivity contribution < 1.29 is 18.5 Å². The second kappa shape index (κ2) is 6.35. The van der Waals surface area contributed by atoms with Crippen LogP contribution in [0, 0.1) is 21.7 Å². The Bertz CT molecular complexity index is 814. The molecule has 2 aromatic rings. The largest absolute Gasteiger partial charge is 0.347 e. The molecule has 0 atom stereocenters. The van der Waals surface area contributed by atoms with Gasteiger partial charge in [-0.05, 0) is 50.1 Å². The van der Waals surface area contributed by atoms with E-state index < -0.39 is 28.0 Å². The normalized spacial score (nSPS) is 11.2. The number of carbonyl (C=O) groups is 1. The van der Waals surface area contributed by atoms with Gasteiger partial charge in [-0.25, -0.2) is 8.78 Å². The maximum atomic E-state index is 13.4. The molecule has 0 saturated carbocycles. The summed E-state index contributed by atoms with van der Waals surface area (Å²) in [4.78, 5) is 22.7. The van der Waals surface area contributed by atoms with Crippen LogP contribution < -0.4 is 5.32 Å². The smallest absolute Gasteiger partial charge is 0.270 e. The second-order valence-corrected chi connectivity index (χ2v) is 6.36. The van der Waals surface area contributed by atoms with Crippen molar-refractivity contribution in [2.75, 3.05) is 0 Å². The molecule has 7 heteroatoms. The molecule has 0 bridgehead atoms. The molecule has 0 radical (unpaired) electrons. The van der Waals surface area contributed by atoms with Crippen LogP contribution in [0.25, 0.3) is 11.1 Å². The van der Waals surface area contributed by atoms with Crippen molar-refractivity contribution >= 4 is 11.6 Å². The van der Waals surface area contributed by atoms with Crippen molar-refractivity contribution in [2.24, 2.45) is 0 Å². The van der Waals surface area contributed by atoms with E-state index in [9.17, 15) is 23.7 Å². The van der Waals surface area contributed by atoms with Crippen molar-refractivity contribution in [3.8, 4) is 11.1 Å². The molecule has 0 aromatic heterocycles. The number of carbonyl (C=O) groups excluding carboxylic acids is 1. The van der Waals surface area contributed by atoms with Crippen LogP contribution in [-0.4, -0.2) is 16.4 Å². The van der Waals surface area contributed by atoms with E-state index in [1.165, 1.54) is 18.2 Å². The summed E-state index contributed by atoms with van der Waals surface area (Å²) >= 11 is 0. The number of hydrogen-bond donors (Lipinski definition) is 1. The van der Waals surface area contributed by atoms with Gasteiger partial charge in [-0.3, -0.25) is 14.9 Å². The van der Waals surface area contributed by atoms with Crippen LogP contribution in [-0.2, 0) is 0 Å². The predicted molar refractivity (Wildman–Crippen MR) is 85.7 cm³/mol. The Kier molecular flexibility index (Phi) is 4.64. The Morgan fingerprint density at radius 3 is 2.25 bits per heavy atom. The molecule has 0 aliphatic rings. The number of hydrogen-bond acceptors (Lipinski definition) is 3. The average Bonchev–Trinajstić information content (AvgIpc) is 2.47. The molecular formula is C17H16F2N2O3. The van der Waals surface area contributed by atoms with Crippen LogP contribution in [0.1, 0.15) is 31.1 Å². The first-order valence-electron chi connectivity index (χ1n) is 7.14. The Morgan fingerprint density at radius 2 is 1.71 bits per heavy atom. The third-order valence-corrected chi connectivity index (χ3v) is 3.13. The topological polar surface area (TPSA) is 72.2 Å². The molecule has 5 nitrogen and oxygen atoms in total. The van der Waals surface area contributed by atoms with E-state index in [4.69, 9.17) is 0 Å². The molecule has 1 N–H and O–H groups in total. The number of rotatable bonds is 3. The Morgan fingerprint density at radius 1 is 1.04 bits per heavy atom. The van der Waals surface area contributed by atoms with Gasteiger partial charge in [0.15, 0.2) is 11.6 Å². The van der Waals surface area contributed by atoms with E-state index in [0.29, 0.717) is 0 Å². The fourth-order valence-corrected chi connectivity index (χ4v) is 2.10. The molecule has 0 spiro atoms. The zero-order chi connectivity index (χ0) is 18.1. The average molecular weight is 334 g/mol. The van der Waals surface area contributed by atoms with E-state index in [1.807, 2.05) is 0 Å². The minimum absolute atomic E-state index is 0.0684. The quantitative estimate of drug-likeness (QED) is 0.679. The van der Waals surface area contributed by atoms with E-state index in [2.05, 4.69) is 5.32 Å². The molecule has 2 aromatic carbocycles. The Balaban J connectivity index is 2.54.